The summed E-state index contributed by atoms with van der Waals surface area (Å²) >= 11 is 1.33. The summed E-state index contributed by atoms with van der Waals surface area (Å²) in [5.41, 5.74) is 10.3. The number of ketones is 1. The molecule has 0 saturated carbocycles. The lowest BCUT2D eigenvalue weighted by molar-refractivity contribution is 0.104. The lowest BCUT2D eigenvalue weighted by Crippen LogP contribution is -2.01. The smallest absolute Gasteiger partial charge is 0.205 e. The number of carbonyl (C=O) groups excluding carboxylic acids is 1. The standard InChI is InChI=1S/C22H18N2O2S/c1-13-6-8-14(9-7-13)20(25)21-19(23)17-10-11-18(24-22(17)27-21)15-4-3-5-16(12-15)26-2/h3-12H,23H2,1-2H3. The number of ether oxygens (including phenoxy) is 1. The summed E-state index contributed by atoms with van der Waals surface area (Å²) in [5.74, 6) is 0.703. The highest BCUT2D eigenvalue weighted by Gasteiger charge is 2.19. The van der Waals surface area contributed by atoms with Crippen molar-refractivity contribution in [3.05, 3.63) is 76.7 Å². The van der Waals surface area contributed by atoms with E-state index in [4.69, 9.17) is 15.5 Å². The van der Waals surface area contributed by atoms with E-state index in [0.29, 0.717) is 16.1 Å². The maximum Gasteiger partial charge on any atom is 0.205 e. The molecule has 0 aliphatic carbocycles. The Bertz CT molecular complexity index is 1150. The van der Waals surface area contributed by atoms with Gasteiger partial charge < -0.3 is 10.5 Å². The zero-order valence-corrected chi connectivity index (χ0v) is 15.8. The van der Waals surface area contributed by atoms with Gasteiger partial charge in [0.25, 0.3) is 0 Å². The molecule has 4 aromatic rings. The minimum Gasteiger partial charge on any atom is -0.497 e. The van der Waals surface area contributed by atoms with Gasteiger partial charge in [0.1, 0.15) is 15.5 Å². The van der Waals surface area contributed by atoms with Crippen LogP contribution in [0.1, 0.15) is 20.8 Å². The monoisotopic (exact) mass is 374 g/mol. The third-order valence-corrected chi connectivity index (χ3v) is 5.59. The number of benzene rings is 2. The van der Waals surface area contributed by atoms with E-state index in [0.717, 1.165) is 32.8 Å². The molecule has 0 radical (unpaired) electrons. The first kappa shape index (κ1) is 17.2. The fourth-order valence-corrected chi connectivity index (χ4v) is 4.00. The van der Waals surface area contributed by atoms with E-state index in [1.807, 2.05) is 67.6 Å². The lowest BCUT2D eigenvalue weighted by atomic mass is 10.1. The molecule has 0 saturated heterocycles. The van der Waals surface area contributed by atoms with E-state index in [1.165, 1.54) is 11.3 Å². The van der Waals surface area contributed by atoms with Crippen LogP contribution in [0, 0.1) is 6.92 Å². The topological polar surface area (TPSA) is 65.2 Å². The highest BCUT2D eigenvalue weighted by molar-refractivity contribution is 7.21. The van der Waals surface area contributed by atoms with Gasteiger partial charge in [-0.1, -0.05) is 42.0 Å². The molecule has 4 nitrogen and oxygen atoms in total. The van der Waals surface area contributed by atoms with Gasteiger partial charge in [-0.05, 0) is 31.2 Å². The summed E-state index contributed by atoms with van der Waals surface area (Å²) < 4.78 is 5.29. The van der Waals surface area contributed by atoms with E-state index in [2.05, 4.69) is 0 Å². The molecular weight excluding hydrogens is 356 g/mol. The van der Waals surface area contributed by atoms with Gasteiger partial charge in [-0.3, -0.25) is 4.79 Å². The Balaban J connectivity index is 1.77. The molecule has 2 aromatic carbocycles. The number of nitrogen functional groups attached to an aromatic ring is 1. The quantitative estimate of drug-likeness (QED) is 0.505. The summed E-state index contributed by atoms with van der Waals surface area (Å²) in [5, 5.41) is 0.808. The Morgan fingerprint density at radius 2 is 1.85 bits per heavy atom. The fraction of sp³-hybridized carbons (Fsp3) is 0.0909. The molecule has 2 N–H and O–H groups in total. The zero-order chi connectivity index (χ0) is 19.0. The molecule has 5 heteroatoms. The van der Waals surface area contributed by atoms with E-state index in [1.54, 1.807) is 7.11 Å². The Labute approximate surface area is 161 Å². The SMILES string of the molecule is COc1cccc(-c2ccc3c(N)c(C(=O)c4ccc(C)cc4)sc3n2)c1. The number of hydrogen-bond donors (Lipinski definition) is 1. The number of fused-ring (bicyclic) bond motifs is 1. The van der Waals surface area contributed by atoms with Crippen molar-refractivity contribution in [2.45, 2.75) is 6.92 Å². The molecule has 134 valence electrons. The van der Waals surface area contributed by atoms with Gasteiger partial charge in [0, 0.05) is 16.5 Å². The van der Waals surface area contributed by atoms with E-state index >= 15 is 0 Å². The minimum absolute atomic E-state index is 0.0709. The molecule has 4 rings (SSSR count). The molecule has 0 bridgehead atoms. The number of aromatic nitrogens is 1. The van der Waals surface area contributed by atoms with Crippen molar-refractivity contribution in [1.29, 1.82) is 0 Å². The number of nitrogens with two attached hydrogens (primary N) is 1. The van der Waals surface area contributed by atoms with Gasteiger partial charge >= 0.3 is 0 Å². The van der Waals surface area contributed by atoms with Crippen molar-refractivity contribution in [2.75, 3.05) is 12.8 Å². The van der Waals surface area contributed by atoms with Crippen molar-refractivity contribution in [1.82, 2.24) is 4.98 Å². The van der Waals surface area contributed by atoms with Gasteiger partial charge in [-0.15, -0.1) is 11.3 Å². The van der Waals surface area contributed by atoms with Crippen molar-refractivity contribution in [2.24, 2.45) is 0 Å². The predicted molar refractivity (Wildman–Crippen MR) is 111 cm³/mol. The Hall–Kier alpha value is -3.18. The number of hydrogen-bond acceptors (Lipinski definition) is 5. The highest BCUT2D eigenvalue weighted by atomic mass is 32.1. The average molecular weight is 374 g/mol. The molecular formula is C22H18N2O2S. The van der Waals surface area contributed by atoms with Crippen LogP contribution in [0.15, 0.2) is 60.7 Å². The number of pyridine rings is 1. The molecule has 27 heavy (non-hydrogen) atoms. The lowest BCUT2D eigenvalue weighted by Gasteiger charge is -2.04. The number of anilines is 1. The first-order valence-corrected chi connectivity index (χ1v) is 9.33. The van der Waals surface area contributed by atoms with Crippen molar-refractivity contribution in [3.8, 4) is 17.0 Å². The van der Waals surface area contributed by atoms with Gasteiger partial charge in [0.2, 0.25) is 5.78 Å². The number of thiophene rings is 1. The van der Waals surface area contributed by atoms with Crippen molar-refractivity contribution in [3.63, 3.8) is 0 Å². The van der Waals surface area contributed by atoms with Gasteiger partial charge in [-0.25, -0.2) is 4.98 Å². The molecule has 0 spiro atoms. The second-order valence-electron chi connectivity index (χ2n) is 6.32. The Morgan fingerprint density at radius 3 is 2.59 bits per heavy atom. The van der Waals surface area contributed by atoms with Gasteiger partial charge in [0.05, 0.1) is 18.5 Å². The fourth-order valence-electron chi connectivity index (χ4n) is 2.95. The van der Waals surface area contributed by atoms with Crippen LogP contribution in [0.3, 0.4) is 0 Å². The number of rotatable bonds is 4. The normalized spacial score (nSPS) is 10.9. The van der Waals surface area contributed by atoms with E-state index in [-0.39, 0.29) is 5.78 Å². The van der Waals surface area contributed by atoms with Crippen LogP contribution in [0.2, 0.25) is 0 Å². The largest absolute Gasteiger partial charge is 0.497 e. The molecule has 0 fully saturated rings. The molecule has 0 aliphatic rings. The maximum absolute atomic E-state index is 12.9. The first-order chi connectivity index (χ1) is 13.1. The number of aryl methyl sites for hydroxylation is 1. The van der Waals surface area contributed by atoms with E-state index in [9.17, 15) is 4.79 Å². The summed E-state index contributed by atoms with van der Waals surface area (Å²) in [6.07, 6.45) is 0. The van der Waals surface area contributed by atoms with Gasteiger partial charge in [0.15, 0.2) is 0 Å². The molecule has 0 aliphatic heterocycles. The third kappa shape index (κ3) is 3.17. The van der Waals surface area contributed by atoms with Crippen molar-refractivity contribution >= 4 is 33.0 Å². The molecule has 2 aromatic heterocycles. The summed E-state index contributed by atoms with van der Waals surface area (Å²) in [7, 11) is 1.64. The number of methoxy groups -OCH3 is 1. The summed E-state index contributed by atoms with van der Waals surface area (Å²) in [6, 6.07) is 19.1. The summed E-state index contributed by atoms with van der Waals surface area (Å²) in [6.45, 7) is 1.99. The Kier molecular flexibility index (Phi) is 4.38. The van der Waals surface area contributed by atoms with Crippen LogP contribution in [-0.4, -0.2) is 17.9 Å². The Morgan fingerprint density at radius 1 is 1.07 bits per heavy atom. The molecule has 2 heterocycles. The van der Waals surface area contributed by atoms with Crippen LogP contribution in [0.4, 0.5) is 5.69 Å². The van der Waals surface area contributed by atoms with Crippen molar-refractivity contribution < 1.29 is 9.53 Å². The predicted octanol–water partition coefficient (Wildman–Crippen LogP) is 5.09. The summed E-state index contributed by atoms with van der Waals surface area (Å²) in [4.78, 5) is 18.9. The molecule has 0 atom stereocenters. The highest BCUT2D eigenvalue weighted by Crippen LogP contribution is 2.35. The number of carbonyl (C=O) groups is 1. The average Bonchev–Trinajstić information content (AvgIpc) is 3.04. The maximum atomic E-state index is 12.9. The second-order valence-corrected chi connectivity index (χ2v) is 7.32. The minimum atomic E-state index is -0.0709. The zero-order valence-electron chi connectivity index (χ0n) is 15.0. The number of nitrogens with zero attached hydrogens (tertiary/aromatic N) is 1. The molecule has 0 amide bonds. The van der Waals surface area contributed by atoms with Gasteiger partial charge in [-0.2, -0.15) is 0 Å². The van der Waals surface area contributed by atoms with Crippen LogP contribution in [-0.2, 0) is 0 Å². The van der Waals surface area contributed by atoms with Crippen LogP contribution >= 0.6 is 11.3 Å². The van der Waals surface area contributed by atoms with Crippen LogP contribution in [0.25, 0.3) is 21.5 Å². The molecule has 0 unspecified atom stereocenters. The first-order valence-electron chi connectivity index (χ1n) is 8.51. The van der Waals surface area contributed by atoms with E-state index < -0.39 is 0 Å². The second kappa shape index (κ2) is 6.85. The van der Waals surface area contributed by atoms with Crippen LogP contribution < -0.4 is 10.5 Å². The van der Waals surface area contributed by atoms with Crippen LogP contribution in [0.5, 0.6) is 5.75 Å². The third-order valence-electron chi connectivity index (χ3n) is 4.48.